The van der Waals surface area contributed by atoms with Crippen LogP contribution >= 0.6 is 23.2 Å². The Kier molecular flexibility index (Phi) is 17.2. The summed E-state index contributed by atoms with van der Waals surface area (Å²) in [5, 5.41) is 28.6. The molecule has 204 valence electrons. The van der Waals surface area contributed by atoms with Gasteiger partial charge in [0.1, 0.15) is 12.2 Å². The molecule has 0 bridgehead atoms. The Morgan fingerprint density at radius 3 is 1.97 bits per heavy atom. The highest BCUT2D eigenvalue weighted by Gasteiger charge is 2.39. The normalized spacial score (nSPS) is 17.9. The number of ether oxygens (including phenoxy) is 3. The minimum Gasteiger partial charge on any atom is -0.396 e. The van der Waals surface area contributed by atoms with E-state index in [0.717, 1.165) is 23.4 Å². The number of aliphatic hydroxyl groups excluding tert-OH is 3. The molecule has 1 heterocycles. The lowest BCUT2D eigenvalue weighted by Gasteiger charge is -2.31. The van der Waals surface area contributed by atoms with Crippen LogP contribution in [0.3, 0.4) is 0 Å². The molecule has 0 spiro atoms. The fraction of sp³-hybridized carbons (Fsp3) is 0.556. The van der Waals surface area contributed by atoms with E-state index in [-0.39, 0.29) is 31.5 Å². The first kappa shape index (κ1) is 32.8. The van der Waals surface area contributed by atoms with Gasteiger partial charge in [0.2, 0.25) is 0 Å². The number of likely N-dealkylation sites (N-methyl/N-ethyl adjacent to an activating group) is 1. The van der Waals surface area contributed by atoms with Crippen molar-refractivity contribution < 1.29 is 29.5 Å². The fourth-order valence-corrected chi connectivity index (χ4v) is 3.78. The maximum atomic E-state index is 10.1. The van der Waals surface area contributed by atoms with E-state index in [4.69, 9.17) is 47.6 Å². The van der Waals surface area contributed by atoms with Crippen LogP contribution in [-0.4, -0.2) is 86.7 Å². The topological polar surface area (TPSA) is 94.9 Å². The number of benzene rings is 2. The first-order valence-electron chi connectivity index (χ1n) is 12.1. The fourth-order valence-electron chi connectivity index (χ4n) is 3.53. The Morgan fingerprint density at radius 1 is 0.944 bits per heavy atom. The third kappa shape index (κ3) is 12.3. The summed E-state index contributed by atoms with van der Waals surface area (Å²) >= 11 is 11.6. The molecule has 4 unspecified atom stereocenters. The molecule has 1 aliphatic heterocycles. The molecule has 1 aliphatic rings. The first-order chi connectivity index (χ1) is 17.3. The van der Waals surface area contributed by atoms with E-state index < -0.39 is 6.10 Å². The summed E-state index contributed by atoms with van der Waals surface area (Å²) < 4.78 is 15.4. The maximum absolute atomic E-state index is 10.1. The Labute approximate surface area is 225 Å². The van der Waals surface area contributed by atoms with Gasteiger partial charge in [-0.25, -0.2) is 0 Å². The maximum Gasteiger partial charge on any atom is 0.112 e. The van der Waals surface area contributed by atoms with E-state index >= 15 is 0 Å². The minimum atomic E-state index is -0.660. The van der Waals surface area contributed by atoms with Crippen LogP contribution in [0.4, 0.5) is 0 Å². The number of unbranched alkanes of at least 4 members (excludes halogenated alkanes) is 1. The number of aliphatic hydroxyl groups is 3. The standard InChI is InChI=1S/C13H20ClNO3.C10H11ClO2.C4H10O/c1-15(7-8-16)13(12(17)9-18-2)10-3-5-11(14)6-4-10;1-12-6-9-10(13-9)7-2-4-8(11)5-3-7;1-2-3-4-5/h3-6,12-13,16-17H,7-9H2,1-2H3;2-5,9-10H,6H2,1H3;5H,2-4H2,1H3. The Balaban J connectivity index is 0.000000313. The highest BCUT2D eigenvalue weighted by atomic mass is 35.5. The molecule has 4 atom stereocenters. The number of hydrogen-bond donors (Lipinski definition) is 3. The van der Waals surface area contributed by atoms with Gasteiger partial charge in [-0.1, -0.05) is 60.8 Å². The van der Waals surface area contributed by atoms with Gasteiger partial charge >= 0.3 is 0 Å². The lowest BCUT2D eigenvalue weighted by atomic mass is 10.0. The molecular formula is C27H41Cl2NO6. The van der Waals surface area contributed by atoms with E-state index in [0.29, 0.717) is 24.8 Å². The lowest BCUT2D eigenvalue weighted by molar-refractivity contribution is -0.000590. The molecule has 0 amide bonds. The molecule has 0 radical (unpaired) electrons. The zero-order valence-corrected chi connectivity index (χ0v) is 23.2. The van der Waals surface area contributed by atoms with Crippen molar-refractivity contribution in [2.45, 2.75) is 44.1 Å². The summed E-state index contributed by atoms with van der Waals surface area (Å²) in [6.07, 6.45) is 1.81. The van der Waals surface area contributed by atoms with Crippen molar-refractivity contribution in [3.05, 3.63) is 69.7 Å². The summed E-state index contributed by atoms with van der Waals surface area (Å²) in [6.45, 7) is 3.82. The predicted molar refractivity (Wildman–Crippen MR) is 145 cm³/mol. The minimum absolute atomic E-state index is 0.0420. The van der Waals surface area contributed by atoms with Gasteiger partial charge in [0, 0.05) is 37.4 Å². The summed E-state index contributed by atoms with van der Waals surface area (Å²) in [5.41, 5.74) is 2.12. The lowest BCUT2D eigenvalue weighted by Crippen LogP contribution is -2.37. The van der Waals surface area contributed by atoms with Crippen LogP contribution in [-0.2, 0) is 14.2 Å². The van der Waals surface area contributed by atoms with Crippen LogP contribution in [0.25, 0.3) is 0 Å². The largest absolute Gasteiger partial charge is 0.396 e. The Hall–Kier alpha value is -1.26. The molecule has 2 aromatic rings. The summed E-state index contributed by atoms with van der Waals surface area (Å²) in [5.74, 6) is 0. The Bertz CT molecular complexity index is 795. The monoisotopic (exact) mass is 545 g/mol. The smallest absolute Gasteiger partial charge is 0.112 e. The molecule has 0 saturated carbocycles. The molecule has 3 rings (SSSR count). The van der Waals surface area contributed by atoms with Crippen LogP contribution in [0.1, 0.15) is 43.0 Å². The zero-order chi connectivity index (χ0) is 26.9. The molecule has 1 fully saturated rings. The quantitative estimate of drug-likeness (QED) is 0.337. The van der Waals surface area contributed by atoms with Crippen molar-refractivity contribution in [3.8, 4) is 0 Å². The first-order valence-corrected chi connectivity index (χ1v) is 12.8. The second kappa shape index (κ2) is 18.9. The highest BCUT2D eigenvalue weighted by molar-refractivity contribution is 6.30. The molecule has 36 heavy (non-hydrogen) atoms. The van der Waals surface area contributed by atoms with Crippen LogP contribution in [0.2, 0.25) is 10.0 Å². The molecule has 2 aromatic carbocycles. The van der Waals surface area contributed by atoms with E-state index in [1.165, 1.54) is 5.56 Å². The second-order valence-electron chi connectivity index (χ2n) is 8.40. The van der Waals surface area contributed by atoms with E-state index in [2.05, 4.69) is 6.92 Å². The highest BCUT2D eigenvalue weighted by Crippen LogP contribution is 2.38. The van der Waals surface area contributed by atoms with E-state index in [1.54, 1.807) is 26.4 Å². The molecule has 7 nitrogen and oxygen atoms in total. The van der Waals surface area contributed by atoms with Crippen LogP contribution < -0.4 is 0 Å². The van der Waals surface area contributed by atoms with Gasteiger partial charge in [-0.3, -0.25) is 4.90 Å². The number of rotatable bonds is 12. The van der Waals surface area contributed by atoms with Crippen LogP contribution in [0, 0.1) is 0 Å². The molecule has 0 aliphatic carbocycles. The predicted octanol–water partition coefficient (Wildman–Crippen LogP) is 4.52. The van der Waals surface area contributed by atoms with Gasteiger partial charge in [-0.2, -0.15) is 0 Å². The Morgan fingerprint density at radius 2 is 1.53 bits per heavy atom. The molecule has 0 aromatic heterocycles. The van der Waals surface area contributed by atoms with Crippen LogP contribution in [0.5, 0.6) is 0 Å². The molecular weight excluding hydrogens is 505 g/mol. The SMILES string of the molecule is CCCCO.COCC(O)C(c1ccc(Cl)cc1)N(C)CCO.COCC1OC1c1ccc(Cl)cc1. The second-order valence-corrected chi connectivity index (χ2v) is 9.28. The third-order valence-corrected chi connectivity index (χ3v) is 5.97. The number of nitrogens with zero attached hydrogens (tertiary/aromatic N) is 1. The summed E-state index contributed by atoms with van der Waals surface area (Å²) in [6, 6.07) is 14.8. The molecule has 3 N–H and O–H groups in total. The van der Waals surface area contributed by atoms with Crippen molar-refractivity contribution >= 4 is 23.2 Å². The molecule has 1 saturated heterocycles. The van der Waals surface area contributed by atoms with Gasteiger partial charge in [0.05, 0.1) is 32.0 Å². The van der Waals surface area contributed by atoms with Crippen molar-refractivity contribution in [2.24, 2.45) is 0 Å². The summed E-state index contributed by atoms with van der Waals surface area (Å²) in [4.78, 5) is 1.90. The number of halogens is 2. The van der Waals surface area contributed by atoms with Gasteiger partial charge in [0.15, 0.2) is 0 Å². The number of epoxide rings is 1. The van der Waals surface area contributed by atoms with Crippen molar-refractivity contribution in [1.82, 2.24) is 4.90 Å². The van der Waals surface area contributed by atoms with Gasteiger partial charge in [-0.15, -0.1) is 0 Å². The van der Waals surface area contributed by atoms with E-state index in [1.807, 2.05) is 48.3 Å². The van der Waals surface area contributed by atoms with Crippen LogP contribution in [0.15, 0.2) is 48.5 Å². The van der Waals surface area contributed by atoms with Crippen molar-refractivity contribution in [1.29, 1.82) is 0 Å². The van der Waals surface area contributed by atoms with Crippen molar-refractivity contribution in [3.63, 3.8) is 0 Å². The number of methoxy groups -OCH3 is 2. The van der Waals surface area contributed by atoms with Gasteiger partial charge in [-0.05, 0) is 48.9 Å². The van der Waals surface area contributed by atoms with Gasteiger partial charge in [0.25, 0.3) is 0 Å². The van der Waals surface area contributed by atoms with Gasteiger partial charge < -0.3 is 29.5 Å². The molecule has 9 heteroatoms. The third-order valence-electron chi connectivity index (χ3n) is 5.46. The zero-order valence-electron chi connectivity index (χ0n) is 21.6. The average molecular weight is 547 g/mol. The summed E-state index contributed by atoms with van der Waals surface area (Å²) in [7, 11) is 5.09. The van der Waals surface area contributed by atoms with Crippen molar-refractivity contribution in [2.75, 3.05) is 54.2 Å². The number of hydrogen-bond acceptors (Lipinski definition) is 7. The average Bonchev–Trinajstić information content (AvgIpc) is 3.62. The van der Waals surface area contributed by atoms with E-state index in [9.17, 15) is 5.11 Å².